The molecular weight excluding hydrogens is 833 g/mol. The molecule has 2 heteroatoms. The summed E-state index contributed by atoms with van der Waals surface area (Å²) < 4.78 is 2.42. The van der Waals surface area contributed by atoms with E-state index in [-0.39, 0.29) is 0 Å². The first kappa shape index (κ1) is 40.3. The summed E-state index contributed by atoms with van der Waals surface area (Å²) in [5.74, 6) is 0. The molecule has 324 valence electrons. The summed E-state index contributed by atoms with van der Waals surface area (Å²) in [6.07, 6.45) is 0. The van der Waals surface area contributed by atoms with E-state index in [9.17, 15) is 0 Å². The van der Waals surface area contributed by atoms with Crippen LogP contribution in [0.1, 0.15) is 22.3 Å². The van der Waals surface area contributed by atoms with Crippen molar-refractivity contribution in [1.82, 2.24) is 4.57 Å². The van der Waals surface area contributed by atoms with E-state index < -0.39 is 5.41 Å². The molecule has 2 nitrogen and oxygen atoms in total. The van der Waals surface area contributed by atoms with Gasteiger partial charge in [0.2, 0.25) is 0 Å². The maximum Gasteiger partial charge on any atom is 0.0714 e. The van der Waals surface area contributed by atoms with Gasteiger partial charge in [-0.1, -0.05) is 218 Å². The molecule has 0 fully saturated rings. The largest absolute Gasteiger partial charge is 0.310 e. The van der Waals surface area contributed by atoms with Crippen LogP contribution in [0.4, 0.5) is 17.1 Å². The molecule has 0 atom stereocenters. The number of hydrogen-bond acceptors (Lipinski definition) is 1. The molecule has 0 saturated heterocycles. The molecule has 1 heterocycles. The summed E-state index contributed by atoms with van der Waals surface area (Å²) in [7, 11) is 0. The summed E-state index contributed by atoms with van der Waals surface area (Å²) in [5.41, 5.74) is 21.0. The standard InChI is InChI=1S/C67H46N2/c1-5-19-47(20-6-1)49-35-39-54(40-36-49)68(57-43-44-60-59-29-13-15-32-62(59)67(63(60)46-57,52-24-9-3-10-25-52)53-26-11-4-12-27-53)55-41-37-50(38-42-55)58-31-18-34-65-66(58)61-30-14-16-33-64(61)69(65)56-28-17-23-51(45-56)48-21-7-2-8-22-48/h1-46H. The van der Waals surface area contributed by atoms with Gasteiger partial charge in [-0.2, -0.15) is 0 Å². The van der Waals surface area contributed by atoms with Crippen LogP contribution in [0.5, 0.6) is 0 Å². The van der Waals surface area contributed by atoms with Crippen molar-refractivity contribution in [1.29, 1.82) is 0 Å². The van der Waals surface area contributed by atoms with E-state index in [1.807, 2.05) is 0 Å². The minimum absolute atomic E-state index is 0.516. The number of anilines is 3. The first-order valence-corrected chi connectivity index (χ1v) is 23.8. The number of aromatic nitrogens is 1. The van der Waals surface area contributed by atoms with E-state index >= 15 is 0 Å². The van der Waals surface area contributed by atoms with Crippen molar-refractivity contribution >= 4 is 38.9 Å². The van der Waals surface area contributed by atoms with Crippen LogP contribution in [-0.2, 0) is 5.41 Å². The van der Waals surface area contributed by atoms with Gasteiger partial charge in [0.05, 0.1) is 16.4 Å². The van der Waals surface area contributed by atoms with Crippen LogP contribution in [0, 0.1) is 0 Å². The number of nitrogens with zero attached hydrogens (tertiary/aromatic N) is 2. The van der Waals surface area contributed by atoms with Gasteiger partial charge in [0, 0.05) is 33.5 Å². The van der Waals surface area contributed by atoms with Crippen molar-refractivity contribution in [2.24, 2.45) is 0 Å². The summed E-state index contributed by atoms with van der Waals surface area (Å²) in [6, 6.07) is 102. The van der Waals surface area contributed by atoms with E-state index in [4.69, 9.17) is 0 Å². The molecular formula is C67H46N2. The molecule has 0 spiro atoms. The van der Waals surface area contributed by atoms with Gasteiger partial charge in [-0.3, -0.25) is 0 Å². The highest BCUT2D eigenvalue weighted by Gasteiger charge is 2.46. The molecule has 11 aromatic carbocycles. The molecule has 0 amide bonds. The monoisotopic (exact) mass is 878 g/mol. The third-order valence-corrected chi connectivity index (χ3v) is 14.3. The van der Waals surface area contributed by atoms with Crippen molar-refractivity contribution in [2.45, 2.75) is 5.41 Å². The Labute approximate surface area is 403 Å². The summed E-state index contributed by atoms with van der Waals surface area (Å²) in [5, 5.41) is 2.48. The highest BCUT2D eigenvalue weighted by Crippen LogP contribution is 2.57. The molecule has 1 aliphatic rings. The topological polar surface area (TPSA) is 8.17 Å². The highest BCUT2D eigenvalue weighted by atomic mass is 15.1. The van der Waals surface area contributed by atoms with Crippen LogP contribution in [0.15, 0.2) is 279 Å². The molecule has 1 aromatic heterocycles. The zero-order valence-corrected chi connectivity index (χ0v) is 38.0. The smallest absolute Gasteiger partial charge is 0.0714 e. The zero-order valence-electron chi connectivity index (χ0n) is 38.0. The van der Waals surface area contributed by atoms with Crippen molar-refractivity contribution in [2.75, 3.05) is 4.90 Å². The van der Waals surface area contributed by atoms with Crippen LogP contribution in [-0.4, -0.2) is 4.57 Å². The lowest BCUT2D eigenvalue weighted by Crippen LogP contribution is -2.28. The molecule has 0 aliphatic heterocycles. The van der Waals surface area contributed by atoms with Crippen LogP contribution in [0.2, 0.25) is 0 Å². The normalized spacial score (nSPS) is 12.5. The molecule has 0 saturated carbocycles. The van der Waals surface area contributed by atoms with Gasteiger partial charge in [-0.15, -0.1) is 0 Å². The van der Waals surface area contributed by atoms with E-state index in [2.05, 4.69) is 289 Å². The minimum Gasteiger partial charge on any atom is -0.310 e. The number of hydrogen-bond donors (Lipinski definition) is 0. The summed E-state index contributed by atoms with van der Waals surface area (Å²) in [6.45, 7) is 0. The Kier molecular flexibility index (Phi) is 9.77. The first-order chi connectivity index (χ1) is 34.2. The highest BCUT2D eigenvalue weighted by molar-refractivity contribution is 6.16. The van der Waals surface area contributed by atoms with Gasteiger partial charge in [0.15, 0.2) is 0 Å². The van der Waals surface area contributed by atoms with E-state index in [1.165, 1.54) is 88.6 Å². The van der Waals surface area contributed by atoms with E-state index in [0.29, 0.717) is 0 Å². The van der Waals surface area contributed by atoms with Crippen LogP contribution >= 0.6 is 0 Å². The van der Waals surface area contributed by atoms with Gasteiger partial charge in [-0.25, -0.2) is 0 Å². The second kappa shape index (κ2) is 16.7. The third kappa shape index (κ3) is 6.64. The second-order valence-electron chi connectivity index (χ2n) is 18.0. The van der Waals surface area contributed by atoms with Gasteiger partial charge in [0.1, 0.15) is 0 Å². The molecule has 0 bridgehead atoms. The lowest BCUT2D eigenvalue weighted by Gasteiger charge is -2.35. The van der Waals surface area contributed by atoms with Gasteiger partial charge < -0.3 is 9.47 Å². The lowest BCUT2D eigenvalue weighted by molar-refractivity contribution is 0.768. The van der Waals surface area contributed by atoms with Gasteiger partial charge in [-0.05, 0) is 127 Å². The quantitative estimate of drug-likeness (QED) is 0.140. The summed E-state index contributed by atoms with van der Waals surface area (Å²) >= 11 is 0. The molecule has 0 radical (unpaired) electrons. The first-order valence-electron chi connectivity index (χ1n) is 23.8. The SMILES string of the molecule is c1ccc(-c2ccc(N(c3ccc(-c4cccc5c4c4ccccc4n5-c4cccc(-c5ccccc5)c4)cc3)c3ccc4c(c3)C(c3ccccc3)(c3ccccc3)c3ccccc3-4)cc2)cc1. The van der Waals surface area contributed by atoms with E-state index in [1.54, 1.807) is 0 Å². The predicted molar refractivity (Wildman–Crippen MR) is 289 cm³/mol. The van der Waals surface area contributed by atoms with Gasteiger partial charge in [0.25, 0.3) is 0 Å². The summed E-state index contributed by atoms with van der Waals surface area (Å²) in [4.78, 5) is 2.43. The third-order valence-electron chi connectivity index (χ3n) is 14.3. The maximum atomic E-state index is 2.46. The van der Waals surface area contributed by atoms with E-state index in [0.717, 1.165) is 22.7 Å². The number of para-hydroxylation sites is 1. The van der Waals surface area contributed by atoms with Crippen molar-refractivity contribution in [3.05, 3.63) is 301 Å². The number of benzene rings is 11. The Balaban J connectivity index is 0.971. The Morgan fingerprint density at radius 3 is 1.45 bits per heavy atom. The average Bonchev–Trinajstić information content (AvgIpc) is 3.93. The molecule has 12 aromatic rings. The molecule has 0 N–H and O–H groups in total. The lowest BCUT2D eigenvalue weighted by atomic mass is 9.67. The van der Waals surface area contributed by atoms with Crippen molar-refractivity contribution in [3.63, 3.8) is 0 Å². The Hall–Kier alpha value is -8.98. The average molecular weight is 879 g/mol. The van der Waals surface area contributed by atoms with Crippen LogP contribution in [0.3, 0.4) is 0 Å². The number of fused-ring (bicyclic) bond motifs is 6. The fourth-order valence-electron chi connectivity index (χ4n) is 11.2. The fraction of sp³-hybridized carbons (Fsp3) is 0.0149. The van der Waals surface area contributed by atoms with Crippen molar-refractivity contribution in [3.8, 4) is 50.2 Å². The molecule has 69 heavy (non-hydrogen) atoms. The molecule has 13 rings (SSSR count). The van der Waals surface area contributed by atoms with Crippen molar-refractivity contribution < 1.29 is 0 Å². The number of rotatable bonds is 9. The minimum atomic E-state index is -0.516. The Bertz CT molecular complexity index is 3760. The second-order valence-corrected chi connectivity index (χ2v) is 18.0. The molecule has 0 unspecified atom stereocenters. The maximum absolute atomic E-state index is 2.46. The zero-order chi connectivity index (χ0) is 45.7. The Morgan fingerprint density at radius 2 is 0.768 bits per heavy atom. The van der Waals surface area contributed by atoms with Gasteiger partial charge >= 0.3 is 0 Å². The van der Waals surface area contributed by atoms with Crippen LogP contribution in [0.25, 0.3) is 72.0 Å². The predicted octanol–water partition coefficient (Wildman–Crippen LogP) is 17.6. The Morgan fingerprint density at radius 1 is 0.290 bits per heavy atom. The molecule has 1 aliphatic carbocycles. The fourth-order valence-corrected chi connectivity index (χ4v) is 11.2. The van der Waals surface area contributed by atoms with Crippen LogP contribution < -0.4 is 4.90 Å².